The van der Waals surface area contributed by atoms with Crippen LogP contribution in [0.4, 0.5) is 4.39 Å². The molecule has 0 bridgehead atoms. The van der Waals surface area contributed by atoms with E-state index in [-0.39, 0.29) is 17.4 Å². The Morgan fingerprint density at radius 1 is 1.25 bits per heavy atom. The van der Waals surface area contributed by atoms with Crippen molar-refractivity contribution >= 4 is 0 Å². The highest BCUT2D eigenvalue weighted by atomic mass is 19.1. The SMILES string of the molecule is CCC(C)(C)NCC(C)N(C)C(C)c1ccccc1F. The van der Waals surface area contributed by atoms with Crippen LogP contribution in [-0.2, 0) is 0 Å². The van der Waals surface area contributed by atoms with Crippen LogP contribution in [0.3, 0.4) is 0 Å². The maximum atomic E-state index is 13.9. The number of benzene rings is 1. The van der Waals surface area contributed by atoms with Gasteiger partial charge in [0, 0.05) is 29.7 Å². The minimum atomic E-state index is -0.124. The molecule has 1 aromatic rings. The van der Waals surface area contributed by atoms with E-state index >= 15 is 0 Å². The second-order valence-electron chi connectivity index (χ2n) is 6.33. The van der Waals surface area contributed by atoms with Gasteiger partial charge in [0.25, 0.3) is 0 Å². The highest BCUT2D eigenvalue weighted by Crippen LogP contribution is 2.23. The van der Waals surface area contributed by atoms with Crippen LogP contribution in [0.1, 0.15) is 52.6 Å². The molecule has 0 saturated heterocycles. The maximum Gasteiger partial charge on any atom is 0.127 e. The molecule has 0 aliphatic heterocycles. The average molecular weight is 280 g/mol. The van der Waals surface area contributed by atoms with Crippen molar-refractivity contribution in [2.24, 2.45) is 0 Å². The molecule has 0 heterocycles. The lowest BCUT2D eigenvalue weighted by Gasteiger charge is -2.34. The zero-order valence-corrected chi connectivity index (χ0v) is 13.7. The van der Waals surface area contributed by atoms with Gasteiger partial charge in [0.15, 0.2) is 0 Å². The number of hydrogen-bond acceptors (Lipinski definition) is 2. The van der Waals surface area contributed by atoms with Crippen molar-refractivity contribution in [3.63, 3.8) is 0 Å². The Hall–Kier alpha value is -0.930. The van der Waals surface area contributed by atoms with Gasteiger partial charge in [0.2, 0.25) is 0 Å². The Morgan fingerprint density at radius 3 is 2.40 bits per heavy atom. The minimum absolute atomic E-state index is 0.0674. The summed E-state index contributed by atoms with van der Waals surface area (Å²) in [5, 5.41) is 3.57. The molecule has 2 atom stereocenters. The van der Waals surface area contributed by atoms with Crippen LogP contribution in [0.2, 0.25) is 0 Å². The van der Waals surface area contributed by atoms with E-state index < -0.39 is 0 Å². The molecule has 0 aliphatic rings. The molecule has 20 heavy (non-hydrogen) atoms. The summed E-state index contributed by atoms with van der Waals surface area (Å²) in [5.74, 6) is -0.124. The number of rotatable bonds is 7. The Labute approximate surface area is 123 Å². The summed E-state index contributed by atoms with van der Waals surface area (Å²) in [6.45, 7) is 11.7. The average Bonchev–Trinajstić information content (AvgIpc) is 2.44. The minimum Gasteiger partial charge on any atom is -0.310 e. The molecule has 0 radical (unpaired) electrons. The largest absolute Gasteiger partial charge is 0.310 e. The Morgan fingerprint density at radius 2 is 1.85 bits per heavy atom. The third kappa shape index (κ3) is 4.57. The van der Waals surface area contributed by atoms with Gasteiger partial charge in [-0.25, -0.2) is 4.39 Å². The predicted molar refractivity (Wildman–Crippen MR) is 84.4 cm³/mol. The standard InChI is InChI=1S/C17H29FN2/c1-7-17(4,5)19-12-13(2)20(6)14(3)15-10-8-9-11-16(15)18/h8-11,13-14,19H,7,12H2,1-6H3. The molecule has 1 rings (SSSR count). The second-order valence-corrected chi connectivity index (χ2v) is 6.33. The van der Waals surface area contributed by atoms with Gasteiger partial charge in [0.1, 0.15) is 5.82 Å². The van der Waals surface area contributed by atoms with Gasteiger partial charge in [-0.3, -0.25) is 4.90 Å². The molecule has 0 fully saturated rings. The molecule has 114 valence electrons. The van der Waals surface area contributed by atoms with E-state index in [4.69, 9.17) is 0 Å². The molecule has 0 amide bonds. The fourth-order valence-electron chi connectivity index (χ4n) is 2.11. The number of likely N-dealkylation sites (N-methyl/N-ethyl adjacent to an activating group) is 1. The van der Waals surface area contributed by atoms with Crippen molar-refractivity contribution in [3.8, 4) is 0 Å². The quantitative estimate of drug-likeness (QED) is 0.812. The molecule has 1 N–H and O–H groups in total. The molecule has 2 nitrogen and oxygen atoms in total. The maximum absolute atomic E-state index is 13.9. The summed E-state index contributed by atoms with van der Waals surface area (Å²) in [7, 11) is 2.06. The van der Waals surface area contributed by atoms with Crippen LogP contribution >= 0.6 is 0 Å². The molecule has 0 aliphatic carbocycles. The first-order valence-corrected chi connectivity index (χ1v) is 7.50. The fraction of sp³-hybridized carbons (Fsp3) is 0.647. The molecule has 0 aromatic heterocycles. The summed E-state index contributed by atoms with van der Waals surface area (Å²) in [5.41, 5.74) is 0.910. The lowest BCUT2D eigenvalue weighted by molar-refractivity contribution is 0.178. The van der Waals surface area contributed by atoms with Gasteiger partial charge < -0.3 is 5.32 Å². The van der Waals surface area contributed by atoms with Crippen molar-refractivity contribution in [2.45, 2.75) is 58.7 Å². The number of hydrogen-bond donors (Lipinski definition) is 1. The summed E-state index contributed by atoms with van der Waals surface area (Å²) in [6.07, 6.45) is 1.09. The van der Waals surface area contributed by atoms with Crippen molar-refractivity contribution in [3.05, 3.63) is 35.6 Å². The molecule has 3 heteroatoms. The topological polar surface area (TPSA) is 15.3 Å². The molecule has 1 aromatic carbocycles. The monoisotopic (exact) mass is 280 g/mol. The van der Waals surface area contributed by atoms with Crippen LogP contribution in [0.25, 0.3) is 0 Å². The van der Waals surface area contributed by atoms with Crippen LogP contribution < -0.4 is 5.32 Å². The molecular formula is C17H29FN2. The smallest absolute Gasteiger partial charge is 0.127 e. The zero-order chi connectivity index (χ0) is 15.3. The van der Waals surface area contributed by atoms with E-state index in [1.165, 1.54) is 6.07 Å². The summed E-state index contributed by atoms with van der Waals surface area (Å²) in [6, 6.07) is 7.44. The normalized spacial score (nSPS) is 15.4. The van der Waals surface area contributed by atoms with E-state index in [1.54, 1.807) is 6.07 Å². The highest BCUT2D eigenvalue weighted by molar-refractivity contribution is 5.20. The van der Waals surface area contributed by atoms with E-state index in [1.807, 2.05) is 12.1 Å². The zero-order valence-electron chi connectivity index (χ0n) is 13.7. The third-order valence-electron chi connectivity index (χ3n) is 4.42. The lowest BCUT2D eigenvalue weighted by atomic mass is 10.0. The molecule has 0 spiro atoms. The van der Waals surface area contributed by atoms with Gasteiger partial charge in [-0.1, -0.05) is 25.1 Å². The van der Waals surface area contributed by atoms with Gasteiger partial charge in [0.05, 0.1) is 0 Å². The van der Waals surface area contributed by atoms with E-state index in [0.29, 0.717) is 6.04 Å². The van der Waals surface area contributed by atoms with Gasteiger partial charge in [-0.05, 0) is 47.2 Å². The summed E-state index contributed by atoms with van der Waals surface area (Å²) >= 11 is 0. The van der Waals surface area contributed by atoms with E-state index in [2.05, 4.69) is 51.9 Å². The van der Waals surface area contributed by atoms with E-state index in [0.717, 1.165) is 18.5 Å². The fourth-order valence-corrected chi connectivity index (χ4v) is 2.11. The van der Waals surface area contributed by atoms with Crippen LogP contribution in [0.5, 0.6) is 0 Å². The van der Waals surface area contributed by atoms with Crippen LogP contribution in [-0.4, -0.2) is 30.1 Å². The molecule has 0 saturated carbocycles. The lowest BCUT2D eigenvalue weighted by Crippen LogP contribution is -2.47. The van der Waals surface area contributed by atoms with Crippen molar-refractivity contribution in [1.82, 2.24) is 10.2 Å². The Bertz CT molecular complexity index is 417. The first-order valence-electron chi connectivity index (χ1n) is 7.50. The van der Waals surface area contributed by atoms with Crippen LogP contribution in [0.15, 0.2) is 24.3 Å². The highest BCUT2D eigenvalue weighted by Gasteiger charge is 2.22. The summed E-state index contributed by atoms with van der Waals surface area (Å²) in [4.78, 5) is 2.22. The molecular weight excluding hydrogens is 251 g/mol. The number of nitrogens with zero attached hydrogens (tertiary/aromatic N) is 1. The number of halogens is 1. The number of nitrogens with one attached hydrogen (secondary N) is 1. The molecule has 2 unspecified atom stereocenters. The van der Waals surface area contributed by atoms with Gasteiger partial charge in [-0.15, -0.1) is 0 Å². The predicted octanol–water partition coefficient (Wildman–Crippen LogP) is 3.99. The Balaban J connectivity index is 2.65. The van der Waals surface area contributed by atoms with Crippen molar-refractivity contribution in [2.75, 3.05) is 13.6 Å². The van der Waals surface area contributed by atoms with Crippen molar-refractivity contribution < 1.29 is 4.39 Å². The second kappa shape index (κ2) is 7.19. The Kier molecular flexibility index (Phi) is 6.15. The van der Waals surface area contributed by atoms with Crippen LogP contribution in [0, 0.1) is 5.82 Å². The first-order chi connectivity index (χ1) is 9.28. The van der Waals surface area contributed by atoms with Gasteiger partial charge in [-0.2, -0.15) is 0 Å². The first kappa shape index (κ1) is 17.1. The van der Waals surface area contributed by atoms with Crippen molar-refractivity contribution in [1.29, 1.82) is 0 Å². The summed E-state index contributed by atoms with van der Waals surface area (Å²) < 4.78 is 13.9. The third-order valence-corrected chi connectivity index (χ3v) is 4.42. The van der Waals surface area contributed by atoms with Gasteiger partial charge >= 0.3 is 0 Å². The van der Waals surface area contributed by atoms with E-state index in [9.17, 15) is 4.39 Å².